The number of hydrazone groups is 1. The molecule has 0 aromatic rings. The molecule has 2 rings (SSSR count). The number of hydrogen-bond donors (Lipinski definition) is 1. The fraction of sp³-hybridized carbons (Fsp3) is 0.727. The lowest BCUT2D eigenvalue weighted by atomic mass is 10.1. The molecule has 0 aromatic heterocycles. The van der Waals surface area contributed by atoms with E-state index >= 15 is 0 Å². The van der Waals surface area contributed by atoms with Gasteiger partial charge in [-0.1, -0.05) is 6.92 Å². The monoisotopic (exact) mass is 239 g/mol. The van der Waals surface area contributed by atoms with Crippen molar-refractivity contribution in [3.8, 4) is 0 Å². The molecule has 0 saturated carbocycles. The molecule has 2 heterocycles. The maximum atomic E-state index is 12.2. The van der Waals surface area contributed by atoms with Crippen molar-refractivity contribution in [2.75, 3.05) is 19.8 Å². The molecule has 0 bridgehead atoms. The molecule has 2 amide bonds. The highest BCUT2D eigenvalue weighted by Gasteiger charge is 2.30. The summed E-state index contributed by atoms with van der Waals surface area (Å²) in [5.74, 6) is -0.198. The fourth-order valence-electron chi connectivity index (χ4n) is 2.05. The minimum Gasteiger partial charge on any atom is -0.377 e. The summed E-state index contributed by atoms with van der Waals surface area (Å²) in [6, 6.07) is 0.122. The van der Waals surface area contributed by atoms with Gasteiger partial charge >= 0.3 is 0 Å². The number of carbonyl (C=O) groups is 2. The van der Waals surface area contributed by atoms with Gasteiger partial charge in [0.25, 0.3) is 5.91 Å². The summed E-state index contributed by atoms with van der Waals surface area (Å²) in [5.41, 5.74) is 2.80. The van der Waals surface area contributed by atoms with Crippen LogP contribution >= 0.6 is 0 Å². The zero-order valence-corrected chi connectivity index (χ0v) is 9.94. The fourth-order valence-corrected chi connectivity index (χ4v) is 2.05. The van der Waals surface area contributed by atoms with Crippen LogP contribution in [0.15, 0.2) is 5.10 Å². The Morgan fingerprint density at radius 3 is 3.06 bits per heavy atom. The molecular formula is C11H17N3O3. The second-order valence-corrected chi connectivity index (χ2v) is 4.23. The summed E-state index contributed by atoms with van der Waals surface area (Å²) in [6.07, 6.45) is 1.63. The van der Waals surface area contributed by atoms with Gasteiger partial charge in [0.1, 0.15) is 5.71 Å². The SMILES string of the molecule is CCC1COCCN1C(=O)C1=NNC(=O)CC1. The first-order chi connectivity index (χ1) is 8.22. The molecule has 6 nitrogen and oxygen atoms in total. The summed E-state index contributed by atoms with van der Waals surface area (Å²) in [7, 11) is 0. The molecule has 0 aliphatic carbocycles. The molecule has 1 unspecified atom stereocenters. The van der Waals surface area contributed by atoms with E-state index in [0.717, 1.165) is 6.42 Å². The Bertz CT molecular complexity index is 354. The van der Waals surface area contributed by atoms with Crippen LogP contribution in [0, 0.1) is 0 Å². The van der Waals surface area contributed by atoms with Crippen molar-refractivity contribution in [1.29, 1.82) is 0 Å². The number of morpholine rings is 1. The molecule has 1 fully saturated rings. The summed E-state index contributed by atoms with van der Waals surface area (Å²) in [4.78, 5) is 25.0. The maximum absolute atomic E-state index is 12.2. The van der Waals surface area contributed by atoms with Gasteiger partial charge in [-0.05, 0) is 6.42 Å². The predicted molar refractivity (Wildman–Crippen MR) is 61.4 cm³/mol. The molecule has 0 spiro atoms. The van der Waals surface area contributed by atoms with Gasteiger partial charge in [0.2, 0.25) is 5.91 Å². The third-order valence-electron chi connectivity index (χ3n) is 3.11. The Kier molecular flexibility index (Phi) is 3.73. The molecule has 94 valence electrons. The number of nitrogens with zero attached hydrogens (tertiary/aromatic N) is 2. The summed E-state index contributed by atoms with van der Waals surface area (Å²) in [6.45, 7) is 3.79. The lowest BCUT2D eigenvalue weighted by Gasteiger charge is -2.35. The Labute approximate surface area is 100.0 Å². The van der Waals surface area contributed by atoms with Gasteiger partial charge in [0.05, 0.1) is 19.3 Å². The smallest absolute Gasteiger partial charge is 0.270 e. The third-order valence-corrected chi connectivity index (χ3v) is 3.11. The van der Waals surface area contributed by atoms with E-state index in [9.17, 15) is 9.59 Å². The highest BCUT2D eigenvalue weighted by Crippen LogP contribution is 2.13. The van der Waals surface area contributed by atoms with E-state index in [1.165, 1.54) is 0 Å². The Balaban J connectivity index is 2.05. The van der Waals surface area contributed by atoms with Gasteiger partial charge in [-0.15, -0.1) is 0 Å². The Hall–Kier alpha value is -1.43. The zero-order chi connectivity index (χ0) is 12.3. The van der Waals surface area contributed by atoms with E-state index in [0.29, 0.717) is 38.3 Å². The number of nitrogens with one attached hydrogen (secondary N) is 1. The number of hydrogen-bond acceptors (Lipinski definition) is 4. The van der Waals surface area contributed by atoms with Crippen molar-refractivity contribution in [1.82, 2.24) is 10.3 Å². The molecule has 6 heteroatoms. The van der Waals surface area contributed by atoms with E-state index in [1.54, 1.807) is 4.90 Å². The van der Waals surface area contributed by atoms with Gasteiger partial charge in [0, 0.05) is 19.4 Å². The van der Waals surface area contributed by atoms with Gasteiger partial charge in [-0.3, -0.25) is 9.59 Å². The molecule has 1 N–H and O–H groups in total. The van der Waals surface area contributed by atoms with Crippen molar-refractivity contribution in [2.45, 2.75) is 32.2 Å². The molecule has 2 aliphatic heterocycles. The second kappa shape index (κ2) is 5.27. The molecule has 1 atom stereocenters. The summed E-state index contributed by atoms with van der Waals surface area (Å²) in [5, 5.41) is 3.84. The molecular weight excluding hydrogens is 222 g/mol. The first kappa shape index (κ1) is 12.0. The molecule has 17 heavy (non-hydrogen) atoms. The predicted octanol–water partition coefficient (Wildman–Crippen LogP) is -0.110. The lowest BCUT2D eigenvalue weighted by molar-refractivity contribution is -0.132. The highest BCUT2D eigenvalue weighted by molar-refractivity contribution is 6.39. The minimum absolute atomic E-state index is 0.0693. The van der Waals surface area contributed by atoms with Crippen molar-refractivity contribution in [3.63, 3.8) is 0 Å². The standard InChI is InChI=1S/C11H17N3O3/c1-2-8-7-17-6-5-14(8)11(16)9-3-4-10(15)13-12-9/h8H,2-7H2,1H3,(H,13,15). The second-order valence-electron chi connectivity index (χ2n) is 4.23. The zero-order valence-electron chi connectivity index (χ0n) is 9.94. The van der Waals surface area contributed by atoms with Crippen LogP contribution in [-0.4, -0.2) is 48.2 Å². The van der Waals surface area contributed by atoms with Crippen LogP contribution in [0.3, 0.4) is 0 Å². The molecule has 0 aromatic carbocycles. The van der Waals surface area contributed by atoms with Crippen LogP contribution in [-0.2, 0) is 14.3 Å². The summed E-state index contributed by atoms with van der Waals surface area (Å²) < 4.78 is 5.35. The van der Waals surface area contributed by atoms with Crippen LogP contribution in [0.1, 0.15) is 26.2 Å². The van der Waals surface area contributed by atoms with Gasteiger partial charge < -0.3 is 9.64 Å². The van der Waals surface area contributed by atoms with Crippen molar-refractivity contribution >= 4 is 17.5 Å². The van der Waals surface area contributed by atoms with Crippen LogP contribution in [0.5, 0.6) is 0 Å². The van der Waals surface area contributed by atoms with Crippen LogP contribution in [0.4, 0.5) is 0 Å². The first-order valence-electron chi connectivity index (χ1n) is 5.96. The lowest BCUT2D eigenvalue weighted by Crippen LogP contribution is -2.51. The van der Waals surface area contributed by atoms with E-state index in [-0.39, 0.29) is 17.9 Å². The maximum Gasteiger partial charge on any atom is 0.270 e. The first-order valence-corrected chi connectivity index (χ1v) is 5.96. The van der Waals surface area contributed by atoms with Gasteiger partial charge in [0.15, 0.2) is 0 Å². The number of carbonyl (C=O) groups excluding carboxylic acids is 2. The Morgan fingerprint density at radius 2 is 2.41 bits per heavy atom. The average Bonchev–Trinajstić information content (AvgIpc) is 2.39. The van der Waals surface area contributed by atoms with Crippen LogP contribution in [0.25, 0.3) is 0 Å². The van der Waals surface area contributed by atoms with E-state index < -0.39 is 0 Å². The molecule has 1 saturated heterocycles. The number of rotatable bonds is 2. The highest BCUT2D eigenvalue weighted by atomic mass is 16.5. The van der Waals surface area contributed by atoms with Crippen molar-refractivity contribution in [3.05, 3.63) is 0 Å². The molecule has 0 radical (unpaired) electrons. The normalized spacial score (nSPS) is 25.2. The molecule has 2 aliphatic rings. The van der Waals surface area contributed by atoms with E-state index in [2.05, 4.69) is 10.5 Å². The minimum atomic E-state index is -0.129. The van der Waals surface area contributed by atoms with Crippen molar-refractivity contribution < 1.29 is 14.3 Å². The number of amides is 2. The van der Waals surface area contributed by atoms with E-state index in [1.807, 2.05) is 6.92 Å². The van der Waals surface area contributed by atoms with E-state index in [4.69, 9.17) is 4.74 Å². The van der Waals surface area contributed by atoms with Gasteiger partial charge in [-0.2, -0.15) is 5.10 Å². The van der Waals surface area contributed by atoms with Crippen LogP contribution < -0.4 is 5.43 Å². The number of ether oxygens (including phenoxy) is 1. The quantitative estimate of drug-likeness (QED) is 0.731. The summed E-state index contributed by atoms with van der Waals surface area (Å²) >= 11 is 0. The Morgan fingerprint density at radius 1 is 1.59 bits per heavy atom. The average molecular weight is 239 g/mol. The third kappa shape index (κ3) is 2.63. The van der Waals surface area contributed by atoms with Crippen molar-refractivity contribution in [2.24, 2.45) is 5.10 Å². The largest absolute Gasteiger partial charge is 0.377 e. The topological polar surface area (TPSA) is 71.0 Å². The van der Waals surface area contributed by atoms with Crippen LogP contribution in [0.2, 0.25) is 0 Å². The van der Waals surface area contributed by atoms with Gasteiger partial charge in [-0.25, -0.2) is 5.43 Å².